The van der Waals surface area contributed by atoms with Gasteiger partial charge in [0.1, 0.15) is 0 Å². The molecule has 7 heteroatoms. The molecule has 4 rings (SSSR count). The van der Waals surface area contributed by atoms with Crippen LogP contribution in [0.15, 0.2) is 24.3 Å². The molecule has 5 unspecified atom stereocenters. The van der Waals surface area contributed by atoms with Gasteiger partial charge in [0.2, 0.25) is 0 Å². The number of hydrogen-bond donors (Lipinski definition) is 0. The zero-order valence-corrected chi connectivity index (χ0v) is 25.0. The Bertz CT molecular complexity index is 604. The van der Waals surface area contributed by atoms with Crippen molar-refractivity contribution < 1.29 is 12.3 Å². The van der Waals surface area contributed by atoms with Crippen molar-refractivity contribution in [2.75, 3.05) is 0 Å². The first-order chi connectivity index (χ1) is 13.6. The fourth-order valence-corrected chi connectivity index (χ4v) is 20.5. The number of rotatable bonds is 7. The van der Waals surface area contributed by atoms with Crippen LogP contribution in [0.2, 0.25) is 64.5 Å². The van der Waals surface area contributed by atoms with Crippen LogP contribution in [0.5, 0.6) is 0 Å². The molecule has 4 aliphatic carbocycles. The van der Waals surface area contributed by atoms with E-state index in [0.717, 1.165) is 17.8 Å². The SMILES string of the molecule is C1=CC2CCC1C2.C[Si](C)(C)O[Si](O[Si](C)(C)C)(O[Si](C)(C)C)C1CC2C=CC1C2. The van der Waals surface area contributed by atoms with Crippen LogP contribution in [0.25, 0.3) is 0 Å². The first kappa shape index (κ1) is 24.9. The standard InChI is InChI=1S/C16H36O3Si4.C7H10/c1-20(2,3)17-23(18-21(4,5)6,19-22(7,8)9)16-13-14-10-11-15(16)12-14;1-2-7-4-3-6(1)5-7/h10-11,14-16H,12-13H2,1-9H3;1-2,6-7H,3-5H2. The summed E-state index contributed by atoms with van der Waals surface area (Å²) in [4.78, 5) is 0. The Kier molecular flexibility index (Phi) is 7.35. The Morgan fingerprint density at radius 2 is 0.967 bits per heavy atom. The molecular formula is C23H46O3Si4. The first-order valence-corrected chi connectivity index (χ1v) is 24.1. The monoisotopic (exact) mass is 482 g/mol. The second kappa shape index (κ2) is 8.87. The van der Waals surface area contributed by atoms with Crippen LogP contribution >= 0.6 is 0 Å². The van der Waals surface area contributed by atoms with E-state index in [4.69, 9.17) is 12.3 Å². The molecule has 0 N–H and O–H groups in total. The Morgan fingerprint density at radius 1 is 0.533 bits per heavy atom. The minimum Gasteiger partial charge on any atom is -0.417 e. The van der Waals surface area contributed by atoms with Crippen molar-refractivity contribution >= 4 is 33.8 Å². The summed E-state index contributed by atoms with van der Waals surface area (Å²) in [5.74, 6) is 3.31. The zero-order chi connectivity index (χ0) is 22.4. The second-order valence-corrected chi connectivity index (χ2v) is 29.9. The van der Waals surface area contributed by atoms with Gasteiger partial charge in [-0.1, -0.05) is 24.3 Å². The van der Waals surface area contributed by atoms with E-state index < -0.39 is 33.8 Å². The molecule has 0 aliphatic heterocycles. The van der Waals surface area contributed by atoms with Gasteiger partial charge in [-0.3, -0.25) is 0 Å². The van der Waals surface area contributed by atoms with Crippen molar-refractivity contribution in [1.29, 1.82) is 0 Å². The Hall–Kier alpha value is 0.228. The fourth-order valence-electron chi connectivity index (χ4n) is 5.47. The van der Waals surface area contributed by atoms with Crippen LogP contribution in [-0.2, 0) is 12.3 Å². The predicted octanol–water partition coefficient (Wildman–Crippen LogP) is 7.42. The summed E-state index contributed by atoms with van der Waals surface area (Å²) in [5.41, 5.74) is 0.475. The lowest BCUT2D eigenvalue weighted by molar-refractivity contribution is 0.226. The van der Waals surface area contributed by atoms with E-state index in [9.17, 15) is 0 Å². The van der Waals surface area contributed by atoms with Crippen LogP contribution in [0.4, 0.5) is 0 Å². The Labute approximate surface area is 190 Å². The minimum absolute atomic E-state index is 0.475. The Morgan fingerprint density at radius 3 is 1.20 bits per heavy atom. The molecule has 0 saturated heterocycles. The third-order valence-electron chi connectivity index (χ3n) is 6.25. The van der Waals surface area contributed by atoms with Gasteiger partial charge in [-0.15, -0.1) is 0 Å². The molecule has 0 aromatic carbocycles. The van der Waals surface area contributed by atoms with Crippen LogP contribution in [0, 0.1) is 23.7 Å². The van der Waals surface area contributed by atoms with Gasteiger partial charge in [0, 0.05) is 5.54 Å². The summed E-state index contributed by atoms with van der Waals surface area (Å²) in [6.07, 6.45) is 16.5. The summed E-state index contributed by atoms with van der Waals surface area (Å²) in [5, 5.41) is 0. The van der Waals surface area contributed by atoms with Crippen molar-refractivity contribution in [3.63, 3.8) is 0 Å². The molecule has 0 aromatic heterocycles. The predicted molar refractivity (Wildman–Crippen MR) is 138 cm³/mol. The van der Waals surface area contributed by atoms with Gasteiger partial charge in [-0.2, -0.15) is 0 Å². The summed E-state index contributed by atoms with van der Waals surface area (Å²) in [6, 6.07) is 0. The van der Waals surface area contributed by atoms with Crippen molar-refractivity contribution in [2.45, 2.75) is 96.6 Å². The highest BCUT2D eigenvalue weighted by atomic mass is 28.5. The summed E-state index contributed by atoms with van der Waals surface area (Å²) >= 11 is 0. The molecule has 2 fully saturated rings. The molecule has 0 spiro atoms. The molecule has 0 radical (unpaired) electrons. The zero-order valence-electron chi connectivity index (χ0n) is 21.0. The van der Waals surface area contributed by atoms with E-state index in [1.807, 2.05) is 0 Å². The maximum absolute atomic E-state index is 6.88. The molecule has 172 valence electrons. The van der Waals surface area contributed by atoms with Crippen LogP contribution < -0.4 is 0 Å². The summed E-state index contributed by atoms with van der Waals surface area (Å²) in [6.45, 7) is 20.5. The van der Waals surface area contributed by atoms with Gasteiger partial charge in [0.15, 0.2) is 25.0 Å². The second-order valence-electron chi connectivity index (χ2n) is 12.9. The van der Waals surface area contributed by atoms with Gasteiger partial charge < -0.3 is 12.3 Å². The van der Waals surface area contributed by atoms with Gasteiger partial charge in [0.05, 0.1) is 0 Å². The van der Waals surface area contributed by atoms with Gasteiger partial charge in [-0.05, 0) is 115 Å². The van der Waals surface area contributed by atoms with E-state index >= 15 is 0 Å². The number of fused-ring (bicyclic) bond motifs is 4. The average Bonchev–Trinajstić information content (AvgIpc) is 3.32. The van der Waals surface area contributed by atoms with Crippen LogP contribution in [0.1, 0.15) is 32.1 Å². The summed E-state index contributed by atoms with van der Waals surface area (Å²) < 4.78 is 20.6. The highest BCUT2D eigenvalue weighted by Crippen LogP contribution is 2.54. The van der Waals surface area contributed by atoms with Crippen molar-refractivity contribution in [3.05, 3.63) is 24.3 Å². The van der Waals surface area contributed by atoms with Crippen LogP contribution in [0.3, 0.4) is 0 Å². The van der Waals surface area contributed by atoms with Gasteiger partial charge >= 0.3 is 8.80 Å². The molecule has 2 saturated carbocycles. The highest BCUT2D eigenvalue weighted by molar-refractivity contribution is 6.90. The molecule has 0 heterocycles. The lowest BCUT2D eigenvalue weighted by atomic mass is 10.1. The van der Waals surface area contributed by atoms with Crippen LogP contribution in [-0.4, -0.2) is 33.8 Å². The van der Waals surface area contributed by atoms with E-state index in [1.54, 1.807) is 0 Å². The van der Waals surface area contributed by atoms with Crippen molar-refractivity contribution in [3.8, 4) is 0 Å². The molecule has 3 nitrogen and oxygen atoms in total. The molecule has 5 atom stereocenters. The smallest absolute Gasteiger partial charge is 0.417 e. The molecule has 4 aliphatic rings. The average molecular weight is 483 g/mol. The molecule has 30 heavy (non-hydrogen) atoms. The maximum atomic E-state index is 6.88. The molecule has 0 amide bonds. The highest BCUT2D eigenvalue weighted by Gasteiger charge is 2.60. The summed E-state index contributed by atoms with van der Waals surface area (Å²) in [7, 11) is -7.95. The van der Waals surface area contributed by atoms with E-state index in [1.165, 1.54) is 32.1 Å². The first-order valence-electron chi connectivity index (χ1n) is 12.1. The topological polar surface area (TPSA) is 27.7 Å². The lowest BCUT2D eigenvalue weighted by Gasteiger charge is -2.47. The number of hydrogen-bond acceptors (Lipinski definition) is 3. The number of allylic oxidation sites excluding steroid dienone is 4. The van der Waals surface area contributed by atoms with Crippen molar-refractivity contribution in [1.82, 2.24) is 0 Å². The van der Waals surface area contributed by atoms with Gasteiger partial charge in [0.25, 0.3) is 0 Å². The normalized spacial score (nSPS) is 32.6. The third kappa shape index (κ3) is 6.86. The van der Waals surface area contributed by atoms with E-state index in [2.05, 4.69) is 83.2 Å². The van der Waals surface area contributed by atoms with E-state index in [-0.39, 0.29) is 0 Å². The minimum atomic E-state index is -2.69. The van der Waals surface area contributed by atoms with Crippen molar-refractivity contribution in [2.24, 2.45) is 23.7 Å². The quantitative estimate of drug-likeness (QED) is 0.279. The third-order valence-corrected chi connectivity index (χ3v) is 18.6. The maximum Gasteiger partial charge on any atom is 0.473 e. The molecule has 4 bridgehead atoms. The molecular weight excluding hydrogens is 437 g/mol. The Balaban J connectivity index is 0.000000302. The van der Waals surface area contributed by atoms with Gasteiger partial charge in [-0.25, -0.2) is 0 Å². The fraction of sp³-hybridized carbons (Fsp3) is 0.826. The molecule has 0 aromatic rings. The van der Waals surface area contributed by atoms with E-state index in [0.29, 0.717) is 11.5 Å². The lowest BCUT2D eigenvalue weighted by Crippen LogP contribution is -2.63. The largest absolute Gasteiger partial charge is 0.473 e.